The first-order valence-electron chi connectivity index (χ1n) is 6.58. The molecule has 0 aromatic carbocycles. The minimum absolute atomic E-state index is 0.597. The molecule has 17 heavy (non-hydrogen) atoms. The van der Waals surface area contributed by atoms with E-state index in [1.807, 2.05) is 0 Å². The molecule has 4 heteroatoms. The van der Waals surface area contributed by atoms with Crippen LogP contribution < -0.4 is 10.6 Å². The summed E-state index contributed by atoms with van der Waals surface area (Å²) in [6.45, 7) is 7.42. The van der Waals surface area contributed by atoms with E-state index in [4.69, 9.17) is 0 Å². The molecule has 0 saturated heterocycles. The topological polar surface area (TPSA) is 49.8 Å². The van der Waals surface area contributed by atoms with Crippen molar-refractivity contribution >= 4 is 11.6 Å². The molecular weight excluding hydrogens is 212 g/mol. The highest BCUT2D eigenvalue weighted by molar-refractivity contribution is 5.57. The molecule has 1 fully saturated rings. The number of hydrogen-bond acceptors (Lipinski definition) is 4. The van der Waals surface area contributed by atoms with Gasteiger partial charge in [0.1, 0.15) is 18.0 Å². The first-order chi connectivity index (χ1) is 8.24. The normalized spacial score (nSPS) is 23.0. The zero-order valence-electron chi connectivity index (χ0n) is 11.0. The van der Waals surface area contributed by atoms with Crippen LogP contribution in [0.3, 0.4) is 0 Å². The van der Waals surface area contributed by atoms with Gasteiger partial charge in [0.25, 0.3) is 0 Å². The summed E-state index contributed by atoms with van der Waals surface area (Å²) in [5.41, 5.74) is 1.20. The molecule has 4 nitrogen and oxygen atoms in total. The fourth-order valence-corrected chi connectivity index (χ4v) is 2.40. The molecule has 0 aliphatic heterocycles. The molecule has 1 saturated carbocycles. The third kappa shape index (κ3) is 2.68. The van der Waals surface area contributed by atoms with Crippen molar-refractivity contribution in [2.24, 2.45) is 5.92 Å². The average Bonchev–Trinajstić information content (AvgIpc) is 2.28. The Kier molecular flexibility index (Phi) is 3.82. The number of rotatable bonds is 5. The predicted octanol–water partition coefficient (Wildman–Crippen LogP) is 2.68. The van der Waals surface area contributed by atoms with E-state index < -0.39 is 0 Å². The minimum Gasteiger partial charge on any atom is -0.370 e. The van der Waals surface area contributed by atoms with Crippen molar-refractivity contribution in [2.75, 3.05) is 17.2 Å². The Hall–Kier alpha value is -1.32. The maximum Gasteiger partial charge on any atom is 0.134 e. The van der Waals surface area contributed by atoms with Gasteiger partial charge in [0.2, 0.25) is 0 Å². The highest BCUT2D eigenvalue weighted by Crippen LogP contribution is 2.30. The van der Waals surface area contributed by atoms with E-state index >= 15 is 0 Å². The summed E-state index contributed by atoms with van der Waals surface area (Å²) in [5, 5.41) is 6.83. The van der Waals surface area contributed by atoms with Crippen molar-refractivity contribution in [2.45, 2.75) is 46.1 Å². The lowest BCUT2D eigenvalue weighted by atomic mass is 9.82. The number of aromatic nitrogens is 2. The van der Waals surface area contributed by atoms with Crippen molar-refractivity contribution in [1.82, 2.24) is 9.97 Å². The third-order valence-electron chi connectivity index (χ3n) is 3.36. The average molecular weight is 234 g/mol. The summed E-state index contributed by atoms with van der Waals surface area (Å²) in [6.07, 6.45) is 5.10. The van der Waals surface area contributed by atoms with Crippen LogP contribution in [0.2, 0.25) is 0 Å². The van der Waals surface area contributed by atoms with Crippen LogP contribution >= 0.6 is 0 Å². The summed E-state index contributed by atoms with van der Waals surface area (Å²) in [6, 6.07) is 0.597. The standard InChI is InChI=1S/C13H22N4/c1-4-11-12(14-5-2)15-8-16-13(11)17-10-6-9(3)7-10/h8-10H,4-7H2,1-3H3,(H2,14,15,16,17). The van der Waals surface area contributed by atoms with Gasteiger partial charge in [-0.05, 0) is 32.1 Å². The SMILES string of the molecule is CCNc1ncnc(NC2CC(C)C2)c1CC. The molecule has 94 valence electrons. The second kappa shape index (κ2) is 5.34. The first kappa shape index (κ1) is 12.1. The van der Waals surface area contributed by atoms with Gasteiger partial charge >= 0.3 is 0 Å². The smallest absolute Gasteiger partial charge is 0.134 e. The second-order valence-corrected chi connectivity index (χ2v) is 4.85. The highest BCUT2D eigenvalue weighted by atomic mass is 15.1. The van der Waals surface area contributed by atoms with Crippen LogP contribution in [0.4, 0.5) is 11.6 Å². The number of nitrogens with zero attached hydrogens (tertiary/aromatic N) is 2. The second-order valence-electron chi connectivity index (χ2n) is 4.85. The Bertz CT molecular complexity index is 372. The fraction of sp³-hybridized carbons (Fsp3) is 0.692. The van der Waals surface area contributed by atoms with Gasteiger partial charge in [0, 0.05) is 18.2 Å². The first-order valence-corrected chi connectivity index (χ1v) is 6.58. The Morgan fingerprint density at radius 3 is 2.53 bits per heavy atom. The molecule has 1 aliphatic rings. The van der Waals surface area contributed by atoms with Gasteiger partial charge in [0.05, 0.1) is 0 Å². The van der Waals surface area contributed by atoms with Crippen LogP contribution in [0.1, 0.15) is 39.2 Å². The van der Waals surface area contributed by atoms with Gasteiger partial charge in [0.15, 0.2) is 0 Å². The van der Waals surface area contributed by atoms with Crippen LogP contribution in [0.25, 0.3) is 0 Å². The summed E-state index contributed by atoms with van der Waals surface area (Å²) < 4.78 is 0. The molecule has 0 unspecified atom stereocenters. The van der Waals surface area contributed by atoms with E-state index in [0.29, 0.717) is 6.04 Å². The van der Waals surface area contributed by atoms with E-state index in [2.05, 4.69) is 41.4 Å². The molecule has 0 amide bonds. The van der Waals surface area contributed by atoms with Crippen LogP contribution in [0.5, 0.6) is 0 Å². The third-order valence-corrected chi connectivity index (χ3v) is 3.36. The van der Waals surface area contributed by atoms with Gasteiger partial charge in [-0.3, -0.25) is 0 Å². The zero-order valence-corrected chi connectivity index (χ0v) is 11.0. The maximum absolute atomic E-state index is 4.38. The number of anilines is 2. The molecule has 0 bridgehead atoms. The van der Waals surface area contributed by atoms with Gasteiger partial charge in [-0.2, -0.15) is 0 Å². The molecular formula is C13H22N4. The monoisotopic (exact) mass is 234 g/mol. The van der Waals surface area contributed by atoms with Crippen LogP contribution in [-0.4, -0.2) is 22.6 Å². The quantitative estimate of drug-likeness (QED) is 0.822. The fourth-order valence-electron chi connectivity index (χ4n) is 2.40. The summed E-state index contributed by atoms with van der Waals surface area (Å²) in [5.74, 6) is 2.84. The van der Waals surface area contributed by atoms with Crippen molar-refractivity contribution in [3.8, 4) is 0 Å². The van der Waals surface area contributed by atoms with Gasteiger partial charge in [-0.1, -0.05) is 13.8 Å². The minimum atomic E-state index is 0.597. The van der Waals surface area contributed by atoms with Gasteiger partial charge in [-0.15, -0.1) is 0 Å². The van der Waals surface area contributed by atoms with Gasteiger partial charge < -0.3 is 10.6 Å². The van der Waals surface area contributed by atoms with E-state index in [-0.39, 0.29) is 0 Å². The lowest BCUT2D eigenvalue weighted by molar-refractivity contribution is 0.308. The van der Waals surface area contributed by atoms with E-state index in [0.717, 1.165) is 30.5 Å². The van der Waals surface area contributed by atoms with E-state index in [9.17, 15) is 0 Å². The molecule has 1 aromatic heterocycles. The Balaban J connectivity index is 2.12. The largest absolute Gasteiger partial charge is 0.370 e. The highest BCUT2D eigenvalue weighted by Gasteiger charge is 2.26. The zero-order chi connectivity index (χ0) is 12.3. The lowest BCUT2D eigenvalue weighted by Gasteiger charge is -2.34. The van der Waals surface area contributed by atoms with Crippen LogP contribution in [0, 0.1) is 5.92 Å². The van der Waals surface area contributed by atoms with Crippen molar-refractivity contribution in [1.29, 1.82) is 0 Å². The summed E-state index contributed by atoms with van der Waals surface area (Å²) >= 11 is 0. The van der Waals surface area contributed by atoms with Crippen LogP contribution in [0.15, 0.2) is 6.33 Å². The molecule has 1 aliphatic carbocycles. The van der Waals surface area contributed by atoms with Crippen molar-refractivity contribution in [3.05, 3.63) is 11.9 Å². The Morgan fingerprint density at radius 2 is 1.94 bits per heavy atom. The van der Waals surface area contributed by atoms with E-state index in [1.54, 1.807) is 6.33 Å². The number of nitrogens with one attached hydrogen (secondary N) is 2. The van der Waals surface area contributed by atoms with E-state index in [1.165, 1.54) is 18.4 Å². The van der Waals surface area contributed by atoms with Gasteiger partial charge in [-0.25, -0.2) is 9.97 Å². The molecule has 2 rings (SSSR count). The van der Waals surface area contributed by atoms with Crippen molar-refractivity contribution in [3.63, 3.8) is 0 Å². The Labute approximate surface area is 103 Å². The molecule has 0 atom stereocenters. The number of hydrogen-bond donors (Lipinski definition) is 2. The van der Waals surface area contributed by atoms with Crippen LogP contribution in [-0.2, 0) is 6.42 Å². The molecule has 0 radical (unpaired) electrons. The summed E-state index contributed by atoms with van der Waals surface area (Å²) in [4.78, 5) is 8.68. The molecule has 0 spiro atoms. The summed E-state index contributed by atoms with van der Waals surface area (Å²) in [7, 11) is 0. The molecule has 1 heterocycles. The molecule has 2 N–H and O–H groups in total. The van der Waals surface area contributed by atoms with Crippen molar-refractivity contribution < 1.29 is 0 Å². The maximum atomic E-state index is 4.38. The Morgan fingerprint density at radius 1 is 1.24 bits per heavy atom. The lowest BCUT2D eigenvalue weighted by Crippen LogP contribution is -2.34. The molecule has 1 aromatic rings. The predicted molar refractivity (Wildman–Crippen MR) is 71.4 cm³/mol.